The number of carbonyl (C=O) groups is 1. The molecule has 0 atom stereocenters. The number of carbonyl (C=O) groups excluding carboxylic acids is 1. The van der Waals surface area contributed by atoms with Crippen LogP contribution in [0.2, 0.25) is 0 Å². The molecule has 0 radical (unpaired) electrons. The summed E-state index contributed by atoms with van der Waals surface area (Å²) in [7, 11) is 0. The lowest BCUT2D eigenvalue weighted by Crippen LogP contribution is -1.99. The van der Waals surface area contributed by atoms with Gasteiger partial charge in [-0.25, -0.2) is 4.79 Å². The SMILES string of the molecule is O=C1OCC=C1c1ccccc1S. The molecule has 0 aliphatic carbocycles. The number of esters is 1. The molecule has 0 unspecified atom stereocenters. The first-order chi connectivity index (χ1) is 6.29. The first kappa shape index (κ1) is 8.38. The number of hydrogen-bond donors (Lipinski definition) is 1. The molecule has 0 saturated heterocycles. The average molecular weight is 192 g/mol. The highest BCUT2D eigenvalue weighted by Gasteiger charge is 2.19. The number of ether oxygens (including phenoxy) is 1. The maximum Gasteiger partial charge on any atom is 0.338 e. The third-order valence-corrected chi connectivity index (χ3v) is 2.31. The molecule has 3 heteroatoms. The zero-order valence-corrected chi connectivity index (χ0v) is 7.75. The van der Waals surface area contributed by atoms with Crippen LogP contribution in [-0.4, -0.2) is 12.6 Å². The second-order valence-corrected chi connectivity index (χ2v) is 3.22. The molecule has 0 spiro atoms. The van der Waals surface area contributed by atoms with Crippen molar-refractivity contribution in [1.82, 2.24) is 0 Å². The molecule has 0 fully saturated rings. The summed E-state index contributed by atoms with van der Waals surface area (Å²) >= 11 is 4.26. The lowest BCUT2D eigenvalue weighted by Gasteiger charge is -2.02. The van der Waals surface area contributed by atoms with Crippen molar-refractivity contribution >= 4 is 24.2 Å². The van der Waals surface area contributed by atoms with Crippen molar-refractivity contribution < 1.29 is 9.53 Å². The number of hydrogen-bond acceptors (Lipinski definition) is 3. The van der Waals surface area contributed by atoms with Crippen molar-refractivity contribution in [2.45, 2.75) is 4.90 Å². The van der Waals surface area contributed by atoms with Gasteiger partial charge in [-0.1, -0.05) is 18.2 Å². The highest BCUT2D eigenvalue weighted by atomic mass is 32.1. The van der Waals surface area contributed by atoms with Crippen LogP contribution in [0.5, 0.6) is 0 Å². The van der Waals surface area contributed by atoms with Crippen molar-refractivity contribution in [2.75, 3.05) is 6.61 Å². The van der Waals surface area contributed by atoms with Gasteiger partial charge in [0.05, 0.1) is 5.57 Å². The molecule has 0 saturated carbocycles. The fourth-order valence-electron chi connectivity index (χ4n) is 1.28. The summed E-state index contributed by atoms with van der Waals surface area (Å²) in [5, 5.41) is 0. The molecule has 1 heterocycles. The Labute approximate surface area is 81.6 Å². The fourth-order valence-corrected chi connectivity index (χ4v) is 1.56. The molecule has 13 heavy (non-hydrogen) atoms. The van der Waals surface area contributed by atoms with E-state index in [2.05, 4.69) is 12.6 Å². The van der Waals surface area contributed by atoms with E-state index in [1.54, 1.807) is 6.08 Å². The Kier molecular flexibility index (Phi) is 2.10. The molecule has 0 aromatic heterocycles. The monoisotopic (exact) mass is 192 g/mol. The van der Waals surface area contributed by atoms with E-state index < -0.39 is 0 Å². The van der Waals surface area contributed by atoms with E-state index in [1.807, 2.05) is 24.3 Å². The van der Waals surface area contributed by atoms with Gasteiger partial charge in [0.1, 0.15) is 6.61 Å². The second-order valence-electron chi connectivity index (χ2n) is 2.73. The van der Waals surface area contributed by atoms with Gasteiger partial charge in [0.2, 0.25) is 0 Å². The van der Waals surface area contributed by atoms with Crippen molar-refractivity contribution in [3.05, 3.63) is 35.9 Å². The predicted molar refractivity (Wildman–Crippen MR) is 52.6 cm³/mol. The second kappa shape index (κ2) is 3.26. The summed E-state index contributed by atoms with van der Waals surface area (Å²) in [6, 6.07) is 7.47. The molecule has 66 valence electrons. The van der Waals surface area contributed by atoms with Gasteiger partial charge in [-0.15, -0.1) is 12.6 Å². The topological polar surface area (TPSA) is 26.3 Å². The Hall–Kier alpha value is -1.22. The van der Waals surface area contributed by atoms with E-state index >= 15 is 0 Å². The van der Waals surface area contributed by atoms with Crippen LogP contribution in [0.3, 0.4) is 0 Å². The Morgan fingerprint density at radius 3 is 2.69 bits per heavy atom. The molecule has 1 aromatic rings. The summed E-state index contributed by atoms with van der Waals surface area (Å²) < 4.78 is 4.81. The maximum atomic E-state index is 11.2. The Balaban J connectivity index is 2.46. The standard InChI is InChI=1S/C10H8O2S/c11-10-8(5-6-12-10)7-3-1-2-4-9(7)13/h1-5,13H,6H2. The summed E-state index contributed by atoms with van der Waals surface area (Å²) in [6.07, 6.45) is 1.78. The molecular formula is C10H8O2S. The minimum Gasteiger partial charge on any atom is -0.458 e. The first-order valence-electron chi connectivity index (χ1n) is 3.94. The van der Waals surface area contributed by atoms with Crippen LogP contribution >= 0.6 is 12.6 Å². The normalized spacial score (nSPS) is 15.5. The van der Waals surface area contributed by atoms with Crippen molar-refractivity contribution in [2.24, 2.45) is 0 Å². The fraction of sp³-hybridized carbons (Fsp3) is 0.100. The van der Waals surface area contributed by atoms with Crippen molar-refractivity contribution in [3.63, 3.8) is 0 Å². The van der Waals surface area contributed by atoms with Crippen LogP contribution < -0.4 is 0 Å². The van der Waals surface area contributed by atoms with Crippen LogP contribution in [0.25, 0.3) is 5.57 Å². The number of benzene rings is 1. The van der Waals surface area contributed by atoms with Crippen LogP contribution in [0.15, 0.2) is 35.2 Å². The molecule has 0 amide bonds. The highest BCUT2D eigenvalue weighted by Crippen LogP contribution is 2.25. The highest BCUT2D eigenvalue weighted by molar-refractivity contribution is 7.80. The largest absolute Gasteiger partial charge is 0.458 e. The van der Waals surface area contributed by atoms with E-state index in [4.69, 9.17) is 4.74 Å². The van der Waals surface area contributed by atoms with E-state index in [1.165, 1.54) is 0 Å². The summed E-state index contributed by atoms with van der Waals surface area (Å²) in [5.41, 5.74) is 1.46. The van der Waals surface area contributed by atoms with Gasteiger partial charge < -0.3 is 4.74 Å². The Morgan fingerprint density at radius 2 is 2.08 bits per heavy atom. The van der Waals surface area contributed by atoms with Gasteiger partial charge in [-0.2, -0.15) is 0 Å². The maximum absolute atomic E-state index is 11.2. The smallest absolute Gasteiger partial charge is 0.338 e. The predicted octanol–water partition coefficient (Wildman–Crippen LogP) is 1.92. The molecule has 0 bridgehead atoms. The van der Waals surface area contributed by atoms with Gasteiger partial charge in [0, 0.05) is 10.5 Å². The quantitative estimate of drug-likeness (QED) is 0.543. The van der Waals surface area contributed by atoms with Gasteiger partial charge in [-0.05, 0) is 12.1 Å². The first-order valence-corrected chi connectivity index (χ1v) is 4.39. The molecule has 1 aliphatic rings. The third-order valence-electron chi connectivity index (χ3n) is 1.92. The minimum absolute atomic E-state index is 0.262. The summed E-state index contributed by atoms with van der Waals surface area (Å²) in [4.78, 5) is 12.0. The minimum atomic E-state index is -0.262. The van der Waals surface area contributed by atoms with Gasteiger partial charge in [-0.3, -0.25) is 0 Å². The molecule has 1 aliphatic heterocycles. The van der Waals surface area contributed by atoms with E-state index in [-0.39, 0.29) is 5.97 Å². The number of thiol groups is 1. The molecule has 1 aromatic carbocycles. The van der Waals surface area contributed by atoms with Crippen molar-refractivity contribution in [1.29, 1.82) is 0 Å². The zero-order chi connectivity index (χ0) is 9.26. The van der Waals surface area contributed by atoms with E-state index in [0.717, 1.165) is 10.5 Å². The van der Waals surface area contributed by atoms with Crippen molar-refractivity contribution in [3.8, 4) is 0 Å². The van der Waals surface area contributed by atoms with Gasteiger partial charge >= 0.3 is 5.97 Å². The summed E-state index contributed by atoms with van der Waals surface area (Å²) in [6.45, 7) is 0.371. The molecule has 2 nitrogen and oxygen atoms in total. The zero-order valence-electron chi connectivity index (χ0n) is 6.86. The van der Waals surface area contributed by atoms with E-state index in [0.29, 0.717) is 12.2 Å². The lowest BCUT2D eigenvalue weighted by atomic mass is 10.1. The Bertz CT molecular complexity index is 382. The van der Waals surface area contributed by atoms with E-state index in [9.17, 15) is 4.79 Å². The van der Waals surface area contributed by atoms with Crippen LogP contribution in [-0.2, 0) is 9.53 Å². The van der Waals surface area contributed by atoms with Crippen LogP contribution in [0.1, 0.15) is 5.56 Å². The van der Waals surface area contributed by atoms with Crippen LogP contribution in [0.4, 0.5) is 0 Å². The third kappa shape index (κ3) is 1.47. The number of cyclic esters (lactones) is 1. The molecule has 2 rings (SSSR count). The van der Waals surface area contributed by atoms with Gasteiger partial charge in [0.15, 0.2) is 0 Å². The van der Waals surface area contributed by atoms with Gasteiger partial charge in [0.25, 0.3) is 0 Å². The average Bonchev–Trinajstić information content (AvgIpc) is 2.52. The Morgan fingerprint density at radius 1 is 1.31 bits per heavy atom. The summed E-state index contributed by atoms with van der Waals surface area (Å²) in [5.74, 6) is -0.262. The van der Waals surface area contributed by atoms with Crippen LogP contribution in [0, 0.1) is 0 Å². The molecule has 0 N–H and O–H groups in total. The molecular weight excluding hydrogens is 184 g/mol. The number of rotatable bonds is 1. The lowest BCUT2D eigenvalue weighted by molar-refractivity contribution is -0.133.